The Labute approximate surface area is 316 Å². The van der Waals surface area contributed by atoms with E-state index in [4.69, 9.17) is 14.2 Å². The van der Waals surface area contributed by atoms with E-state index < -0.39 is 17.6 Å². The Morgan fingerprint density at radius 1 is 1.00 bits per heavy atom. The fourth-order valence-corrected chi connectivity index (χ4v) is 6.24. The van der Waals surface area contributed by atoms with Gasteiger partial charge in [-0.25, -0.2) is 9.78 Å². The number of hydrogen-bond donors (Lipinski definition) is 3. The molecule has 1 saturated heterocycles. The molecule has 4 aromatic rings. The van der Waals surface area contributed by atoms with Gasteiger partial charge < -0.3 is 39.1 Å². The van der Waals surface area contributed by atoms with Gasteiger partial charge in [-0.1, -0.05) is 12.1 Å². The molecule has 0 bridgehead atoms. The number of amides is 3. The number of aromatic amines is 1. The summed E-state index contributed by atoms with van der Waals surface area (Å²) in [5.74, 6) is 0.155. The lowest BCUT2D eigenvalue weighted by atomic mass is 10.1. The summed E-state index contributed by atoms with van der Waals surface area (Å²) in [5.41, 5.74) is 2.84. The minimum Gasteiger partial charge on any atom is -0.496 e. The van der Waals surface area contributed by atoms with E-state index in [1.807, 2.05) is 25.1 Å². The first kappa shape index (κ1) is 39.7. The highest BCUT2D eigenvalue weighted by molar-refractivity contribution is 6.11. The minimum atomic E-state index is -0.684. The summed E-state index contributed by atoms with van der Waals surface area (Å²) in [6, 6.07) is 15.4. The van der Waals surface area contributed by atoms with Crippen LogP contribution < -0.4 is 25.0 Å². The Bertz CT molecular complexity index is 1960. The van der Waals surface area contributed by atoms with E-state index in [2.05, 4.69) is 37.4 Å². The van der Waals surface area contributed by atoms with Crippen molar-refractivity contribution in [3.63, 3.8) is 0 Å². The van der Waals surface area contributed by atoms with E-state index in [9.17, 15) is 19.2 Å². The number of likely N-dealkylation sites (N-methyl/N-ethyl adjacent to an activating group) is 1. The monoisotopic (exact) mass is 741 g/mol. The molecular weight excluding hydrogens is 690 g/mol. The molecule has 288 valence electrons. The van der Waals surface area contributed by atoms with Gasteiger partial charge in [0.05, 0.1) is 42.2 Å². The zero-order valence-electron chi connectivity index (χ0n) is 32.2. The molecule has 1 atom stereocenters. The van der Waals surface area contributed by atoms with Gasteiger partial charge in [0.1, 0.15) is 28.9 Å². The van der Waals surface area contributed by atoms with Crippen molar-refractivity contribution in [3.05, 3.63) is 71.3 Å². The van der Waals surface area contributed by atoms with Crippen molar-refractivity contribution in [2.24, 2.45) is 0 Å². The number of methoxy groups -OCH3 is 1. The number of piperazine rings is 1. The minimum absolute atomic E-state index is 0.0834. The number of ether oxygens (including phenoxy) is 3. The predicted molar refractivity (Wildman–Crippen MR) is 209 cm³/mol. The lowest BCUT2D eigenvalue weighted by Gasteiger charge is -2.35. The smallest absolute Gasteiger partial charge is 0.414 e. The fourth-order valence-electron chi connectivity index (χ4n) is 6.24. The molecule has 1 fully saturated rings. The SMILES string of the molecule is COc1cc(C(=O)N(C)c2ccc(C)cc2OCCCCC(C=O)N2CCN(C)CC2)ccc1C(=O)Nc1cccc2[nH]c(NC(=O)OC(C)(C)C)nc12. The molecule has 1 aromatic heterocycles. The number of H-pyrrole nitrogens is 1. The molecule has 14 nitrogen and oxygen atoms in total. The molecular formula is C40H51N7O7. The number of unbranched alkanes of at least 4 members (excludes halogenated alkanes) is 1. The van der Waals surface area contributed by atoms with Gasteiger partial charge in [0, 0.05) is 38.8 Å². The van der Waals surface area contributed by atoms with E-state index in [-0.39, 0.29) is 29.2 Å². The van der Waals surface area contributed by atoms with Gasteiger partial charge in [-0.05, 0) is 102 Å². The second-order valence-corrected chi connectivity index (χ2v) is 14.5. The average Bonchev–Trinajstić information content (AvgIpc) is 3.55. The first-order chi connectivity index (χ1) is 25.8. The van der Waals surface area contributed by atoms with Crippen LogP contribution in [0.3, 0.4) is 0 Å². The van der Waals surface area contributed by atoms with Gasteiger partial charge in [0.2, 0.25) is 5.95 Å². The normalized spacial score (nSPS) is 14.3. The Morgan fingerprint density at radius 2 is 1.76 bits per heavy atom. The third-order valence-corrected chi connectivity index (χ3v) is 9.17. The molecule has 3 amide bonds. The van der Waals surface area contributed by atoms with Crippen LogP contribution in [0.5, 0.6) is 11.5 Å². The summed E-state index contributed by atoms with van der Waals surface area (Å²) in [4.78, 5) is 64.9. The van der Waals surface area contributed by atoms with E-state index >= 15 is 0 Å². The van der Waals surface area contributed by atoms with Gasteiger partial charge in [-0.3, -0.25) is 19.8 Å². The number of aryl methyl sites for hydroxylation is 1. The zero-order valence-corrected chi connectivity index (χ0v) is 32.2. The number of carbonyl (C=O) groups excluding carboxylic acids is 4. The van der Waals surface area contributed by atoms with E-state index in [0.717, 1.165) is 57.3 Å². The number of nitrogens with zero attached hydrogens (tertiary/aromatic N) is 4. The molecule has 1 aliphatic rings. The van der Waals surface area contributed by atoms with Crippen LogP contribution in [0.15, 0.2) is 54.6 Å². The van der Waals surface area contributed by atoms with Crippen molar-refractivity contribution in [3.8, 4) is 11.5 Å². The molecule has 0 radical (unpaired) electrons. The Morgan fingerprint density at radius 3 is 2.46 bits per heavy atom. The number of aromatic nitrogens is 2. The van der Waals surface area contributed by atoms with Crippen molar-refractivity contribution in [1.29, 1.82) is 0 Å². The number of rotatable bonds is 14. The Kier molecular flexibility index (Phi) is 12.9. The maximum Gasteiger partial charge on any atom is 0.414 e. The van der Waals surface area contributed by atoms with Crippen LogP contribution in [-0.2, 0) is 9.53 Å². The quantitative estimate of drug-likeness (QED) is 0.102. The number of anilines is 3. The van der Waals surface area contributed by atoms with Crippen LogP contribution in [-0.4, -0.2) is 110 Å². The number of benzene rings is 3. The standard InChI is InChI=1S/C40H51N7O7/c1-26-14-17-32(34(23-26)53-22-9-8-11-28(25-48)47-20-18-45(5)19-21-47)46(6)37(50)27-15-16-29(33(24-27)52-7)36(49)41-30-12-10-13-31-35(30)43-38(42-31)44-39(51)54-40(2,3)4/h10,12-17,23-25,28H,8-9,11,18-22H2,1-7H3,(H,41,49)(H2,42,43,44,51). The topological polar surface area (TPSA) is 158 Å². The van der Waals surface area contributed by atoms with E-state index in [1.54, 1.807) is 52.1 Å². The molecule has 0 saturated carbocycles. The Hall–Kier alpha value is -5.47. The summed E-state index contributed by atoms with van der Waals surface area (Å²) in [5, 5.41) is 5.45. The van der Waals surface area contributed by atoms with Crippen LogP contribution in [0.2, 0.25) is 0 Å². The molecule has 3 N–H and O–H groups in total. The number of fused-ring (bicyclic) bond motifs is 1. The summed E-state index contributed by atoms with van der Waals surface area (Å²) in [6.45, 7) is 11.4. The molecule has 0 aliphatic carbocycles. The Balaban J connectivity index is 1.23. The van der Waals surface area contributed by atoms with Crippen LogP contribution in [0.25, 0.3) is 11.0 Å². The number of hydrogen-bond acceptors (Lipinski definition) is 10. The summed E-state index contributed by atoms with van der Waals surface area (Å²) in [7, 11) is 5.21. The van der Waals surface area contributed by atoms with Gasteiger partial charge in [0.15, 0.2) is 0 Å². The third-order valence-electron chi connectivity index (χ3n) is 9.17. The second-order valence-electron chi connectivity index (χ2n) is 14.5. The molecule has 5 rings (SSSR count). The van der Waals surface area contributed by atoms with Crippen LogP contribution in [0, 0.1) is 6.92 Å². The van der Waals surface area contributed by atoms with E-state index in [0.29, 0.717) is 40.3 Å². The van der Waals surface area contributed by atoms with Gasteiger partial charge in [0.25, 0.3) is 11.8 Å². The van der Waals surface area contributed by atoms with Crippen molar-refractivity contribution in [1.82, 2.24) is 19.8 Å². The lowest BCUT2D eigenvalue weighted by molar-refractivity contribution is -0.113. The largest absolute Gasteiger partial charge is 0.496 e. The second kappa shape index (κ2) is 17.6. The molecule has 1 unspecified atom stereocenters. The fraction of sp³-hybridized carbons (Fsp3) is 0.425. The molecule has 0 spiro atoms. The van der Waals surface area contributed by atoms with Crippen molar-refractivity contribution in [2.75, 3.05) is 69.5 Å². The third kappa shape index (κ3) is 10.1. The van der Waals surface area contributed by atoms with Crippen molar-refractivity contribution < 1.29 is 33.4 Å². The highest BCUT2D eigenvalue weighted by Crippen LogP contribution is 2.32. The zero-order chi connectivity index (χ0) is 39.0. The lowest BCUT2D eigenvalue weighted by Crippen LogP contribution is -2.49. The highest BCUT2D eigenvalue weighted by Gasteiger charge is 2.24. The summed E-state index contributed by atoms with van der Waals surface area (Å²) in [6.07, 6.45) is 2.78. The maximum absolute atomic E-state index is 13.8. The van der Waals surface area contributed by atoms with Crippen LogP contribution in [0.4, 0.5) is 22.1 Å². The molecule has 2 heterocycles. The van der Waals surface area contributed by atoms with Crippen molar-refractivity contribution >= 4 is 52.6 Å². The van der Waals surface area contributed by atoms with Crippen LogP contribution in [0.1, 0.15) is 66.3 Å². The molecule has 1 aliphatic heterocycles. The van der Waals surface area contributed by atoms with Gasteiger partial charge in [-0.15, -0.1) is 0 Å². The number of nitrogens with one attached hydrogen (secondary N) is 3. The first-order valence-corrected chi connectivity index (χ1v) is 18.1. The summed E-state index contributed by atoms with van der Waals surface area (Å²) >= 11 is 0. The number of aldehydes is 1. The molecule has 54 heavy (non-hydrogen) atoms. The number of imidazole rings is 1. The molecule has 14 heteroatoms. The highest BCUT2D eigenvalue weighted by atomic mass is 16.6. The maximum atomic E-state index is 13.8. The number of para-hydroxylation sites is 1. The number of carbonyl (C=O) groups is 4. The first-order valence-electron chi connectivity index (χ1n) is 18.1. The van der Waals surface area contributed by atoms with E-state index in [1.165, 1.54) is 24.1 Å². The molecule has 3 aromatic carbocycles. The summed E-state index contributed by atoms with van der Waals surface area (Å²) < 4.78 is 17.1. The van der Waals surface area contributed by atoms with Crippen molar-refractivity contribution in [2.45, 2.75) is 58.6 Å². The van der Waals surface area contributed by atoms with Gasteiger partial charge >= 0.3 is 6.09 Å². The predicted octanol–water partition coefficient (Wildman–Crippen LogP) is 6.12. The van der Waals surface area contributed by atoms with Crippen LogP contribution >= 0.6 is 0 Å². The average molecular weight is 742 g/mol. The van der Waals surface area contributed by atoms with Gasteiger partial charge in [-0.2, -0.15) is 0 Å².